The Morgan fingerprint density at radius 3 is 2.67 bits per heavy atom. The average molecular weight is 264 g/mol. The molecule has 1 aromatic carbocycles. The van der Waals surface area contributed by atoms with Crippen molar-refractivity contribution in [2.24, 2.45) is 0 Å². The molecule has 0 bridgehead atoms. The van der Waals surface area contributed by atoms with Crippen LogP contribution < -0.4 is 4.74 Å². The molecule has 1 N–H and O–H groups in total. The quantitative estimate of drug-likeness (QED) is 0.888. The number of rotatable bonds is 5. The fourth-order valence-corrected chi connectivity index (χ4v) is 3.02. The normalized spacial score (nSPS) is 21.1. The highest BCUT2D eigenvalue weighted by Gasteiger charge is 2.47. The molecule has 1 heterocycles. The largest absolute Gasteiger partial charge is 0.488 e. The zero-order valence-electron chi connectivity index (χ0n) is 10.1. The van der Waals surface area contributed by atoms with Crippen molar-refractivity contribution in [2.75, 3.05) is 11.5 Å². The van der Waals surface area contributed by atoms with Gasteiger partial charge in [-0.3, -0.25) is 4.79 Å². The standard InChI is InChI=1S/C14H16O3S/c15-13(16)7-14(5-6-14)11-3-1-2-4-12(11)17-10-8-18-9-10/h1-4,10H,5-9H2,(H,15,16). The number of thioether (sulfide) groups is 1. The number of carboxylic acids is 1. The summed E-state index contributed by atoms with van der Waals surface area (Å²) < 4.78 is 5.98. The maximum absolute atomic E-state index is 11.0. The SMILES string of the molecule is O=C(O)CC1(c2ccccc2OC2CSC2)CC1. The average Bonchev–Trinajstić information content (AvgIpc) is 3.04. The van der Waals surface area contributed by atoms with Crippen LogP contribution in [0.5, 0.6) is 5.75 Å². The highest BCUT2D eigenvalue weighted by atomic mass is 32.2. The second kappa shape index (κ2) is 4.50. The topological polar surface area (TPSA) is 46.5 Å². The van der Waals surface area contributed by atoms with E-state index in [9.17, 15) is 4.79 Å². The monoisotopic (exact) mass is 264 g/mol. The van der Waals surface area contributed by atoms with E-state index in [2.05, 4.69) is 0 Å². The van der Waals surface area contributed by atoms with Crippen molar-refractivity contribution in [3.05, 3.63) is 29.8 Å². The third kappa shape index (κ3) is 2.21. The lowest BCUT2D eigenvalue weighted by atomic mass is 9.91. The summed E-state index contributed by atoms with van der Waals surface area (Å²) in [5.74, 6) is 2.25. The van der Waals surface area contributed by atoms with Gasteiger partial charge in [-0.05, 0) is 18.9 Å². The van der Waals surface area contributed by atoms with Crippen molar-refractivity contribution in [3.63, 3.8) is 0 Å². The molecule has 0 atom stereocenters. The number of hydrogen-bond donors (Lipinski definition) is 1. The molecule has 4 heteroatoms. The number of aliphatic carboxylic acids is 1. The predicted octanol–water partition coefficient (Wildman–Crippen LogP) is 2.69. The summed E-state index contributed by atoms with van der Waals surface area (Å²) in [6.07, 6.45) is 2.43. The molecule has 0 unspecified atom stereocenters. The number of carbonyl (C=O) groups is 1. The van der Waals surface area contributed by atoms with Gasteiger partial charge in [0.15, 0.2) is 0 Å². The van der Waals surface area contributed by atoms with Gasteiger partial charge in [-0.2, -0.15) is 11.8 Å². The van der Waals surface area contributed by atoms with Gasteiger partial charge in [-0.25, -0.2) is 0 Å². The molecule has 1 saturated carbocycles. The molecule has 2 aliphatic rings. The smallest absolute Gasteiger partial charge is 0.304 e. The minimum absolute atomic E-state index is 0.167. The molecule has 1 aliphatic heterocycles. The predicted molar refractivity (Wildman–Crippen MR) is 71.3 cm³/mol. The number of hydrogen-bond acceptors (Lipinski definition) is 3. The molecule has 0 radical (unpaired) electrons. The summed E-state index contributed by atoms with van der Waals surface area (Å²) in [6, 6.07) is 7.93. The summed E-state index contributed by atoms with van der Waals surface area (Å²) in [4.78, 5) is 11.0. The Hall–Kier alpha value is -1.16. The van der Waals surface area contributed by atoms with Crippen molar-refractivity contribution in [3.8, 4) is 5.75 Å². The Morgan fingerprint density at radius 2 is 2.11 bits per heavy atom. The van der Waals surface area contributed by atoms with E-state index in [1.807, 2.05) is 36.0 Å². The number of benzene rings is 1. The fourth-order valence-electron chi connectivity index (χ4n) is 2.45. The molecule has 96 valence electrons. The molecular formula is C14H16O3S. The first-order chi connectivity index (χ1) is 8.70. The summed E-state index contributed by atoms with van der Waals surface area (Å²) in [5.41, 5.74) is 0.920. The molecule has 1 aromatic rings. The van der Waals surface area contributed by atoms with Crippen molar-refractivity contribution in [1.29, 1.82) is 0 Å². The summed E-state index contributed by atoms with van der Waals surface area (Å²) >= 11 is 1.88. The van der Waals surface area contributed by atoms with Crippen LogP contribution in [0.15, 0.2) is 24.3 Å². The maximum Gasteiger partial charge on any atom is 0.304 e. The van der Waals surface area contributed by atoms with Gasteiger partial charge in [-0.1, -0.05) is 18.2 Å². The summed E-state index contributed by atoms with van der Waals surface area (Å²) in [5, 5.41) is 9.04. The second-order valence-electron chi connectivity index (χ2n) is 5.12. The van der Waals surface area contributed by atoms with E-state index in [0.717, 1.165) is 35.7 Å². The van der Waals surface area contributed by atoms with Crippen LogP contribution in [0.25, 0.3) is 0 Å². The van der Waals surface area contributed by atoms with Crippen molar-refractivity contribution >= 4 is 17.7 Å². The van der Waals surface area contributed by atoms with Crippen LogP contribution >= 0.6 is 11.8 Å². The number of carboxylic acid groups (broad SMARTS) is 1. The Kier molecular flexibility index (Phi) is 2.98. The van der Waals surface area contributed by atoms with Crippen LogP contribution in [0.4, 0.5) is 0 Å². The first kappa shape index (κ1) is 11.9. The van der Waals surface area contributed by atoms with E-state index in [1.165, 1.54) is 0 Å². The Bertz CT molecular complexity index is 464. The van der Waals surface area contributed by atoms with E-state index in [1.54, 1.807) is 0 Å². The molecule has 0 amide bonds. The van der Waals surface area contributed by atoms with Gasteiger partial charge in [-0.15, -0.1) is 0 Å². The minimum atomic E-state index is -0.721. The first-order valence-electron chi connectivity index (χ1n) is 6.25. The van der Waals surface area contributed by atoms with E-state index in [-0.39, 0.29) is 11.8 Å². The van der Waals surface area contributed by atoms with Gasteiger partial charge in [0.05, 0.1) is 6.42 Å². The van der Waals surface area contributed by atoms with Gasteiger partial charge in [0.2, 0.25) is 0 Å². The van der Waals surface area contributed by atoms with E-state index in [0.29, 0.717) is 6.10 Å². The van der Waals surface area contributed by atoms with Crippen molar-refractivity contribution in [2.45, 2.75) is 30.8 Å². The summed E-state index contributed by atoms with van der Waals surface area (Å²) in [7, 11) is 0. The van der Waals surface area contributed by atoms with Gasteiger partial charge in [0.25, 0.3) is 0 Å². The zero-order valence-corrected chi connectivity index (χ0v) is 10.9. The second-order valence-corrected chi connectivity index (χ2v) is 6.20. The van der Waals surface area contributed by atoms with Gasteiger partial charge in [0.1, 0.15) is 11.9 Å². The molecule has 1 aliphatic carbocycles. The van der Waals surface area contributed by atoms with Crippen LogP contribution in [0.3, 0.4) is 0 Å². The molecule has 3 nitrogen and oxygen atoms in total. The van der Waals surface area contributed by atoms with E-state index >= 15 is 0 Å². The lowest BCUT2D eigenvalue weighted by Gasteiger charge is -2.28. The molecule has 2 fully saturated rings. The molecule has 1 saturated heterocycles. The summed E-state index contributed by atoms with van der Waals surface area (Å²) in [6.45, 7) is 0. The molecule has 3 rings (SSSR count). The maximum atomic E-state index is 11.0. The van der Waals surface area contributed by atoms with Crippen LogP contribution in [-0.2, 0) is 10.2 Å². The van der Waals surface area contributed by atoms with Gasteiger partial charge in [0, 0.05) is 22.5 Å². The van der Waals surface area contributed by atoms with Crippen LogP contribution in [0, 0.1) is 0 Å². The first-order valence-corrected chi connectivity index (χ1v) is 7.41. The Labute approximate surface area is 111 Å². The minimum Gasteiger partial charge on any atom is -0.488 e. The molecule has 0 aromatic heterocycles. The van der Waals surface area contributed by atoms with Crippen molar-refractivity contribution in [1.82, 2.24) is 0 Å². The van der Waals surface area contributed by atoms with Crippen molar-refractivity contribution < 1.29 is 14.6 Å². The van der Waals surface area contributed by atoms with Gasteiger partial charge >= 0.3 is 5.97 Å². The molecule has 18 heavy (non-hydrogen) atoms. The number of para-hydroxylation sites is 1. The Morgan fingerprint density at radius 1 is 1.39 bits per heavy atom. The van der Waals surface area contributed by atoms with Crippen LogP contribution in [0.2, 0.25) is 0 Å². The highest BCUT2D eigenvalue weighted by molar-refractivity contribution is 8.00. The third-order valence-corrected chi connectivity index (χ3v) is 4.92. The van der Waals surface area contributed by atoms with E-state index < -0.39 is 5.97 Å². The molecular weight excluding hydrogens is 248 g/mol. The van der Waals surface area contributed by atoms with Gasteiger partial charge < -0.3 is 9.84 Å². The van der Waals surface area contributed by atoms with E-state index in [4.69, 9.17) is 9.84 Å². The fraction of sp³-hybridized carbons (Fsp3) is 0.500. The number of ether oxygens (including phenoxy) is 1. The lowest BCUT2D eigenvalue weighted by Crippen LogP contribution is -2.31. The Balaban J connectivity index is 1.84. The van der Waals surface area contributed by atoms with Crippen LogP contribution in [0.1, 0.15) is 24.8 Å². The zero-order chi connectivity index (χ0) is 12.6. The third-order valence-electron chi connectivity index (χ3n) is 3.70. The molecule has 0 spiro atoms. The highest BCUT2D eigenvalue weighted by Crippen LogP contribution is 2.54. The lowest BCUT2D eigenvalue weighted by molar-refractivity contribution is -0.137. The van der Waals surface area contributed by atoms with Crippen LogP contribution in [-0.4, -0.2) is 28.7 Å².